The predicted octanol–water partition coefficient (Wildman–Crippen LogP) is 5.97. The first-order chi connectivity index (χ1) is 27.7. The van der Waals surface area contributed by atoms with E-state index in [4.69, 9.17) is 0 Å². The molecule has 4 aromatic carbocycles. The van der Waals surface area contributed by atoms with E-state index in [0.717, 1.165) is 69.2 Å². The lowest BCUT2D eigenvalue weighted by Crippen LogP contribution is -2.54. The fourth-order valence-corrected chi connectivity index (χ4v) is 10.8. The van der Waals surface area contributed by atoms with Crippen molar-refractivity contribution in [1.29, 1.82) is 0 Å². The van der Waals surface area contributed by atoms with Gasteiger partial charge in [0.15, 0.2) is 0 Å². The second-order valence-electron chi connectivity index (χ2n) is 16.9. The smallest absolute Gasteiger partial charge is 0.262 e. The second kappa shape index (κ2) is 14.1. The minimum atomic E-state index is -1.08. The molecule has 0 spiro atoms. The van der Waals surface area contributed by atoms with Crippen molar-refractivity contribution in [2.24, 2.45) is 5.92 Å². The van der Waals surface area contributed by atoms with Gasteiger partial charge in [-0.3, -0.25) is 34.3 Å². The summed E-state index contributed by atoms with van der Waals surface area (Å²) in [4.78, 5) is 58.8. The predicted molar refractivity (Wildman–Crippen MR) is 213 cm³/mol. The third kappa shape index (κ3) is 6.27. The van der Waals surface area contributed by atoms with E-state index in [1.54, 1.807) is 0 Å². The number of imide groups is 2. The number of aryl methyl sites for hydroxylation is 1. The summed E-state index contributed by atoms with van der Waals surface area (Å²) < 4.78 is 15.7. The molecule has 4 aromatic rings. The summed E-state index contributed by atoms with van der Waals surface area (Å²) in [5, 5.41) is 12.4. The van der Waals surface area contributed by atoms with E-state index >= 15 is 4.39 Å². The minimum absolute atomic E-state index is 0.0324. The van der Waals surface area contributed by atoms with Gasteiger partial charge in [-0.15, -0.1) is 0 Å². The molecule has 0 radical (unpaired) electrons. The molecule has 2 N–H and O–H groups in total. The molecule has 292 valence electrons. The van der Waals surface area contributed by atoms with Gasteiger partial charge < -0.3 is 14.9 Å². The van der Waals surface area contributed by atoms with E-state index in [9.17, 15) is 24.3 Å². The van der Waals surface area contributed by atoms with Gasteiger partial charge in [-0.25, -0.2) is 4.39 Å². The Balaban J connectivity index is 0.765. The molecule has 5 atom stereocenters. The van der Waals surface area contributed by atoms with Crippen LogP contribution >= 0.6 is 0 Å². The van der Waals surface area contributed by atoms with E-state index in [0.29, 0.717) is 35.9 Å². The number of piperazine rings is 1. The number of amides is 4. The molecule has 5 aliphatic heterocycles. The van der Waals surface area contributed by atoms with Crippen molar-refractivity contribution >= 4 is 35.0 Å². The molecule has 10 nitrogen and oxygen atoms in total. The highest BCUT2D eigenvalue weighted by Gasteiger charge is 2.48. The number of hydrogen-bond donors (Lipinski definition) is 2. The number of phenols is 1. The maximum atomic E-state index is 15.7. The number of benzene rings is 4. The van der Waals surface area contributed by atoms with Crippen molar-refractivity contribution in [2.75, 3.05) is 42.5 Å². The van der Waals surface area contributed by atoms with Gasteiger partial charge >= 0.3 is 0 Å². The number of piperidine rings is 2. The Morgan fingerprint density at radius 1 is 0.754 bits per heavy atom. The van der Waals surface area contributed by atoms with Crippen molar-refractivity contribution in [1.82, 2.24) is 15.1 Å². The van der Waals surface area contributed by atoms with Crippen LogP contribution in [0.2, 0.25) is 0 Å². The van der Waals surface area contributed by atoms with Crippen LogP contribution in [-0.2, 0) is 16.0 Å². The number of carbonyl (C=O) groups is 4. The largest absolute Gasteiger partial charge is 0.508 e. The van der Waals surface area contributed by atoms with E-state index in [1.807, 2.05) is 17.0 Å². The molecule has 4 saturated heterocycles. The van der Waals surface area contributed by atoms with E-state index in [2.05, 4.69) is 75.8 Å². The Kier molecular flexibility index (Phi) is 8.88. The van der Waals surface area contributed by atoms with Gasteiger partial charge in [0.2, 0.25) is 11.8 Å². The third-order valence-electron chi connectivity index (χ3n) is 13.7. The third-order valence-corrected chi connectivity index (χ3v) is 13.7. The number of halogens is 1. The zero-order chi connectivity index (χ0) is 38.9. The molecule has 0 saturated carbocycles. The van der Waals surface area contributed by atoms with Gasteiger partial charge in [0.25, 0.3) is 11.8 Å². The molecular weight excluding hydrogens is 722 g/mol. The van der Waals surface area contributed by atoms with Gasteiger partial charge in [-0.2, -0.15) is 0 Å². The second-order valence-corrected chi connectivity index (χ2v) is 16.9. The SMILES string of the molecule is O=C1CCC(N2C(=O)c3cc(F)c(N4CC5CC4CN5CC4CCN(c5ccc([C@@H]6c7ccc(O)cc7CC[C@@H]6c6ccccc6)cc5)CC4)cc3C2=O)C(=O)N1. The standard InChI is InChI=1S/C46H46FN5O5/c47-39-22-37-38(46(57)52(45(37)56)40-14-15-42(54)48-44(40)55)23-41(39)51-26-32-21-33(51)25-50(32)24-27-16-18-49(19-17-27)31-9-6-29(7-10-31)43-35(28-4-2-1-3-5-28)12-8-30-20-34(53)11-13-36(30)43/h1-7,9-11,13,20,22-23,27,32-33,35,40,43,53H,8,12,14-19,21,24-26H2,(H,48,54,55)/t32?,33?,35-,40?,43+/m1/s1. The highest BCUT2D eigenvalue weighted by atomic mass is 19.1. The maximum absolute atomic E-state index is 15.7. The normalized spacial score (nSPS) is 26.3. The Morgan fingerprint density at radius 3 is 2.23 bits per heavy atom. The average Bonchev–Trinajstić information content (AvgIpc) is 3.89. The van der Waals surface area contributed by atoms with Crippen molar-refractivity contribution in [3.8, 4) is 5.75 Å². The van der Waals surface area contributed by atoms with Crippen LogP contribution < -0.4 is 15.1 Å². The number of anilines is 2. The van der Waals surface area contributed by atoms with Crippen LogP contribution in [0.4, 0.5) is 15.8 Å². The molecule has 11 heteroatoms. The van der Waals surface area contributed by atoms with E-state index in [-0.39, 0.29) is 35.9 Å². The Bertz CT molecular complexity index is 2270. The molecule has 1 aliphatic carbocycles. The topological polar surface area (TPSA) is 114 Å². The molecule has 4 amide bonds. The summed E-state index contributed by atoms with van der Waals surface area (Å²) in [5.74, 6) is -1.47. The minimum Gasteiger partial charge on any atom is -0.508 e. The van der Waals surface area contributed by atoms with Crippen LogP contribution in [-0.4, -0.2) is 89.4 Å². The summed E-state index contributed by atoms with van der Waals surface area (Å²) in [6, 6.07) is 27.8. The van der Waals surface area contributed by atoms with Crippen molar-refractivity contribution < 1.29 is 28.7 Å². The molecular formula is C46H46FN5O5. The number of nitrogens with one attached hydrogen (secondary N) is 1. The fourth-order valence-electron chi connectivity index (χ4n) is 10.8. The lowest BCUT2D eigenvalue weighted by molar-refractivity contribution is -0.136. The molecule has 6 aliphatic rings. The monoisotopic (exact) mass is 767 g/mol. The van der Waals surface area contributed by atoms with Crippen LogP contribution in [0.25, 0.3) is 0 Å². The first-order valence-electron chi connectivity index (χ1n) is 20.5. The molecule has 3 unspecified atom stereocenters. The average molecular weight is 768 g/mol. The Morgan fingerprint density at radius 2 is 1.51 bits per heavy atom. The number of nitrogens with zero attached hydrogens (tertiary/aromatic N) is 4. The summed E-state index contributed by atoms with van der Waals surface area (Å²) in [5.41, 5.74) is 6.87. The maximum Gasteiger partial charge on any atom is 0.262 e. The first-order valence-corrected chi connectivity index (χ1v) is 20.5. The highest BCUT2D eigenvalue weighted by molar-refractivity contribution is 6.23. The Hall–Kier alpha value is -5.55. The zero-order valence-corrected chi connectivity index (χ0v) is 31.8. The quantitative estimate of drug-likeness (QED) is 0.221. The van der Waals surface area contributed by atoms with E-state index in [1.165, 1.54) is 34.0 Å². The van der Waals surface area contributed by atoms with Gasteiger partial charge in [-0.05, 0) is 109 Å². The molecule has 0 aromatic heterocycles. The van der Waals surface area contributed by atoms with Gasteiger partial charge in [0.1, 0.15) is 17.6 Å². The van der Waals surface area contributed by atoms with Crippen LogP contribution in [0.3, 0.4) is 0 Å². The van der Waals surface area contributed by atoms with Crippen molar-refractivity contribution in [3.63, 3.8) is 0 Å². The van der Waals surface area contributed by atoms with Crippen LogP contribution in [0.15, 0.2) is 84.9 Å². The van der Waals surface area contributed by atoms with Crippen molar-refractivity contribution in [3.05, 3.63) is 124 Å². The number of carbonyl (C=O) groups excluding carboxylic acids is 4. The van der Waals surface area contributed by atoms with Crippen LogP contribution in [0.1, 0.15) is 93.3 Å². The van der Waals surface area contributed by atoms with Crippen LogP contribution in [0, 0.1) is 11.7 Å². The molecule has 2 bridgehead atoms. The molecule has 57 heavy (non-hydrogen) atoms. The van der Waals surface area contributed by atoms with Gasteiger partial charge in [-0.1, -0.05) is 48.5 Å². The van der Waals surface area contributed by atoms with Crippen LogP contribution in [0.5, 0.6) is 5.75 Å². The number of rotatable bonds is 7. The summed E-state index contributed by atoms with van der Waals surface area (Å²) >= 11 is 0. The van der Waals surface area contributed by atoms with E-state index < -0.39 is 35.5 Å². The summed E-state index contributed by atoms with van der Waals surface area (Å²) in [7, 11) is 0. The lowest BCUT2D eigenvalue weighted by atomic mass is 9.69. The fraction of sp³-hybridized carbons (Fsp3) is 0.391. The Labute approximate surface area is 331 Å². The molecule has 10 rings (SSSR count). The number of phenolic OH excluding ortho intramolecular Hbond substituents is 1. The van der Waals surface area contributed by atoms with Gasteiger partial charge in [0, 0.05) is 62.8 Å². The van der Waals surface area contributed by atoms with Gasteiger partial charge in [0.05, 0.1) is 16.8 Å². The summed E-state index contributed by atoms with van der Waals surface area (Å²) in [6.07, 6.45) is 5.22. The van der Waals surface area contributed by atoms with Crippen molar-refractivity contribution in [2.45, 2.75) is 74.9 Å². The molecule has 5 heterocycles. The lowest BCUT2D eigenvalue weighted by Gasteiger charge is -2.40. The zero-order valence-electron chi connectivity index (χ0n) is 31.8. The highest BCUT2D eigenvalue weighted by Crippen LogP contribution is 2.47. The first kappa shape index (κ1) is 35.8. The number of aromatic hydroxyl groups is 1. The number of likely N-dealkylation sites (tertiary alicyclic amines) is 1. The molecule has 4 fully saturated rings. The number of fused-ring (bicyclic) bond motifs is 4. The number of hydrogen-bond acceptors (Lipinski definition) is 8. The summed E-state index contributed by atoms with van der Waals surface area (Å²) in [6.45, 7) is 4.49.